The Labute approximate surface area is 382 Å². The van der Waals surface area contributed by atoms with Crippen LogP contribution in [0, 0.1) is 0 Å². The van der Waals surface area contributed by atoms with Crippen LogP contribution in [0.25, 0.3) is 55.6 Å². The van der Waals surface area contributed by atoms with Gasteiger partial charge in [0.15, 0.2) is 0 Å². The normalized spacial score (nSPS) is 13.6. The van der Waals surface area contributed by atoms with E-state index in [1.165, 1.54) is 89.0 Å². The van der Waals surface area contributed by atoms with Gasteiger partial charge in [-0.05, 0) is 120 Å². The van der Waals surface area contributed by atoms with Gasteiger partial charge in [-0.2, -0.15) is 0 Å². The van der Waals surface area contributed by atoms with Gasteiger partial charge >= 0.3 is 0 Å². The lowest BCUT2D eigenvalue weighted by atomic mass is 9.67. The van der Waals surface area contributed by atoms with E-state index in [4.69, 9.17) is 0 Å². The molecule has 0 saturated carbocycles. The van der Waals surface area contributed by atoms with Crippen molar-refractivity contribution >= 4 is 17.1 Å². The number of rotatable bonds is 8. The molecule has 0 radical (unpaired) electrons. The average molecular weight is 830 g/mol. The molecule has 1 nitrogen and oxygen atoms in total. The van der Waals surface area contributed by atoms with Crippen LogP contribution in [0.2, 0.25) is 0 Å². The first kappa shape index (κ1) is 38.7. The molecule has 308 valence electrons. The van der Waals surface area contributed by atoms with Gasteiger partial charge in [-0.3, -0.25) is 0 Å². The SMILES string of the molecule is CC1(C)c2ccccc2-c2ccc(N(c3ccc(-c4ccc5c(c4)-c4ccccc4C5(c4ccccc4)c4ccccc4)cc3)c3ccccc3-c3ccc(-c4ccccc4)cc3)cc21. The number of hydrogen-bond donors (Lipinski definition) is 0. The largest absolute Gasteiger partial charge is 0.310 e. The molecule has 10 aromatic rings. The van der Waals surface area contributed by atoms with Gasteiger partial charge in [0.05, 0.1) is 11.1 Å². The van der Waals surface area contributed by atoms with Crippen LogP contribution in [0.15, 0.2) is 249 Å². The van der Waals surface area contributed by atoms with Crippen LogP contribution in [0.4, 0.5) is 17.1 Å². The van der Waals surface area contributed by atoms with Gasteiger partial charge in [-0.15, -0.1) is 0 Å². The van der Waals surface area contributed by atoms with Crippen LogP contribution in [-0.2, 0) is 10.8 Å². The topological polar surface area (TPSA) is 3.24 Å². The summed E-state index contributed by atoms with van der Waals surface area (Å²) in [5.41, 5.74) is 23.1. The quantitative estimate of drug-likeness (QED) is 0.147. The van der Waals surface area contributed by atoms with Crippen LogP contribution in [-0.4, -0.2) is 0 Å². The molecule has 0 aromatic heterocycles. The summed E-state index contributed by atoms with van der Waals surface area (Å²) in [5.74, 6) is 0. The molecule has 0 bridgehead atoms. The molecule has 0 fully saturated rings. The van der Waals surface area contributed by atoms with E-state index < -0.39 is 5.41 Å². The first-order valence-electron chi connectivity index (χ1n) is 22.8. The van der Waals surface area contributed by atoms with Gasteiger partial charge in [-0.25, -0.2) is 0 Å². The Bertz CT molecular complexity index is 3320. The minimum atomic E-state index is -0.418. The molecule has 0 atom stereocenters. The molecular formula is C64H47N. The van der Waals surface area contributed by atoms with E-state index in [0.717, 1.165) is 17.1 Å². The molecule has 0 N–H and O–H groups in total. The van der Waals surface area contributed by atoms with Crippen molar-refractivity contribution in [3.05, 3.63) is 282 Å². The van der Waals surface area contributed by atoms with Gasteiger partial charge in [0.1, 0.15) is 0 Å². The van der Waals surface area contributed by atoms with Crippen LogP contribution < -0.4 is 4.90 Å². The molecule has 2 aliphatic rings. The predicted octanol–water partition coefficient (Wildman–Crippen LogP) is 16.8. The van der Waals surface area contributed by atoms with E-state index in [2.05, 4.69) is 267 Å². The highest BCUT2D eigenvalue weighted by molar-refractivity contribution is 5.92. The molecule has 12 rings (SSSR count). The minimum Gasteiger partial charge on any atom is -0.310 e. The van der Waals surface area contributed by atoms with Gasteiger partial charge in [-0.1, -0.05) is 226 Å². The lowest BCUT2D eigenvalue weighted by Crippen LogP contribution is -2.28. The third-order valence-corrected chi connectivity index (χ3v) is 14.2. The summed E-state index contributed by atoms with van der Waals surface area (Å²) in [6.45, 7) is 4.73. The Morgan fingerprint density at radius 1 is 0.277 bits per heavy atom. The fourth-order valence-corrected chi connectivity index (χ4v) is 11.1. The lowest BCUT2D eigenvalue weighted by molar-refractivity contribution is 0.660. The average Bonchev–Trinajstić information content (AvgIpc) is 3.80. The summed E-state index contributed by atoms with van der Waals surface area (Å²) < 4.78 is 0. The van der Waals surface area contributed by atoms with Gasteiger partial charge in [0.25, 0.3) is 0 Å². The zero-order valence-corrected chi connectivity index (χ0v) is 36.6. The molecule has 0 heterocycles. The molecule has 65 heavy (non-hydrogen) atoms. The predicted molar refractivity (Wildman–Crippen MR) is 272 cm³/mol. The van der Waals surface area contributed by atoms with E-state index in [1.54, 1.807) is 0 Å². The smallest absolute Gasteiger partial charge is 0.0713 e. The molecule has 0 amide bonds. The minimum absolute atomic E-state index is 0.130. The van der Waals surface area contributed by atoms with Gasteiger partial charge in [0.2, 0.25) is 0 Å². The van der Waals surface area contributed by atoms with E-state index in [-0.39, 0.29) is 5.41 Å². The van der Waals surface area contributed by atoms with E-state index in [1.807, 2.05) is 0 Å². The number of benzene rings is 10. The van der Waals surface area contributed by atoms with Crippen molar-refractivity contribution < 1.29 is 0 Å². The maximum Gasteiger partial charge on any atom is 0.0713 e. The maximum absolute atomic E-state index is 2.45. The van der Waals surface area contributed by atoms with E-state index in [0.29, 0.717) is 0 Å². The van der Waals surface area contributed by atoms with Crippen LogP contribution >= 0.6 is 0 Å². The van der Waals surface area contributed by atoms with Crippen LogP contribution in [0.3, 0.4) is 0 Å². The van der Waals surface area contributed by atoms with Crippen molar-refractivity contribution in [2.45, 2.75) is 24.7 Å². The Hall–Kier alpha value is -8.00. The summed E-state index contributed by atoms with van der Waals surface area (Å²) in [6, 6.07) is 91.9. The number of anilines is 3. The number of para-hydroxylation sites is 1. The Balaban J connectivity index is 0.983. The Morgan fingerprint density at radius 3 is 1.40 bits per heavy atom. The molecule has 0 aliphatic heterocycles. The molecule has 0 saturated heterocycles. The van der Waals surface area contributed by atoms with Gasteiger partial charge < -0.3 is 4.90 Å². The highest BCUT2D eigenvalue weighted by atomic mass is 15.1. The van der Waals surface area contributed by atoms with Gasteiger partial charge in [0, 0.05) is 22.4 Å². The highest BCUT2D eigenvalue weighted by Gasteiger charge is 2.46. The van der Waals surface area contributed by atoms with E-state index >= 15 is 0 Å². The summed E-state index contributed by atoms with van der Waals surface area (Å²) in [4.78, 5) is 2.45. The third kappa shape index (κ3) is 6.15. The summed E-state index contributed by atoms with van der Waals surface area (Å²) in [6.07, 6.45) is 0. The number of nitrogens with zero attached hydrogens (tertiary/aromatic N) is 1. The van der Waals surface area contributed by atoms with Crippen LogP contribution in [0.5, 0.6) is 0 Å². The van der Waals surface area contributed by atoms with Crippen molar-refractivity contribution in [2.24, 2.45) is 0 Å². The second-order valence-corrected chi connectivity index (χ2v) is 18.0. The summed E-state index contributed by atoms with van der Waals surface area (Å²) >= 11 is 0. The van der Waals surface area contributed by atoms with Crippen molar-refractivity contribution in [3.63, 3.8) is 0 Å². The van der Waals surface area contributed by atoms with Crippen molar-refractivity contribution in [1.29, 1.82) is 0 Å². The zero-order valence-electron chi connectivity index (χ0n) is 36.6. The lowest BCUT2D eigenvalue weighted by Gasteiger charge is -2.33. The molecular weight excluding hydrogens is 783 g/mol. The fourth-order valence-electron chi connectivity index (χ4n) is 11.1. The van der Waals surface area contributed by atoms with Crippen molar-refractivity contribution in [2.75, 3.05) is 4.90 Å². The Morgan fingerprint density at radius 2 is 0.723 bits per heavy atom. The van der Waals surface area contributed by atoms with Crippen molar-refractivity contribution in [3.8, 4) is 55.6 Å². The molecule has 1 heteroatoms. The molecule has 0 spiro atoms. The molecule has 2 aliphatic carbocycles. The first-order chi connectivity index (χ1) is 32.0. The fraction of sp³-hybridized carbons (Fsp3) is 0.0625. The summed E-state index contributed by atoms with van der Waals surface area (Å²) in [7, 11) is 0. The monoisotopic (exact) mass is 829 g/mol. The molecule has 0 unspecified atom stereocenters. The molecule has 10 aromatic carbocycles. The second-order valence-electron chi connectivity index (χ2n) is 18.0. The number of hydrogen-bond acceptors (Lipinski definition) is 1. The van der Waals surface area contributed by atoms with E-state index in [9.17, 15) is 0 Å². The number of fused-ring (bicyclic) bond motifs is 6. The highest BCUT2D eigenvalue weighted by Crippen LogP contribution is 2.57. The zero-order chi connectivity index (χ0) is 43.5. The Kier molecular flexibility index (Phi) is 9.14. The maximum atomic E-state index is 2.45. The second kappa shape index (κ2) is 15.4. The summed E-state index contributed by atoms with van der Waals surface area (Å²) in [5, 5.41) is 0. The van der Waals surface area contributed by atoms with Crippen LogP contribution in [0.1, 0.15) is 47.2 Å². The third-order valence-electron chi connectivity index (χ3n) is 14.2. The van der Waals surface area contributed by atoms with Crippen molar-refractivity contribution in [1.82, 2.24) is 0 Å². The first-order valence-corrected chi connectivity index (χ1v) is 22.8. The standard InChI is InChI=1S/C64H47N/c1-63(2)58-27-15-12-25-54(58)56-40-39-52(43-61(56)63)65(62-29-17-14-24-53(62)47-32-30-45(31-33-47)44-18-6-3-7-19-44)51-37-34-46(35-38-51)48-36-41-60-57(42-48)55-26-13-16-28-59(55)64(60,49-20-8-4-9-21-49)50-22-10-5-11-23-50/h3-43H,1-2H3.